The fourth-order valence-corrected chi connectivity index (χ4v) is 0.354. The number of rotatable bonds is 1. The quantitative estimate of drug-likeness (QED) is 0.552. The lowest BCUT2D eigenvalue weighted by molar-refractivity contribution is 0.269. The first-order valence-corrected chi connectivity index (χ1v) is 3.18. The zero-order chi connectivity index (χ0) is 6.78. The van der Waals surface area contributed by atoms with Gasteiger partial charge in [0.2, 0.25) is 0 Å². The van der Waals surface area contributed by atoms with Crippen molar-refractivity contribution in [3.63, 3.8) is 0 Å². The normalized spacial score (nSPS) is 16.1. The van der Waals surface area contributed by atoms with E-state index in [0.717, 1.165) is 6.54 Å². The smallest absolute Gasteiger partial charge is 0.00465 e. The molecular weight excluding hydrogens is 98.1 g/mol. The Morgan fingerprint density at radius 3 is 1.75 bits per heavy atom. The Balaban J connectivity index is 3.62. The second-order valence-corrected chi connectivity index (χ2v) is 3.50. The van der Waals surface area contributed by atoms with Crippen LogP contribution in [0.3, 0.4) is 0 Å². The van der Waals surface area contributed by atoms with Crippen molar-refractivity contribution in [3.05, 3.63) is 0 Å². The average molecular weight is 115 g/mol. The van der Waals surface area contributed by atoms with Crippen molar-refractivity contribution in [1.82, 2.24) is 0 Å². The van der Waals surface area contributed by atoms with E-state index in [2.05, 4.69) is 27.7 Å². The van der Waals surface area contributed by atoms with E-state index < -0.39 is 0 Å². The molecule has 0 aliphatic heterocycles. The maximum atomic E-state index is 5.46. The summed E-state index contributed by atoms with van der Waals surface area (Å²) >= 11 is 0. The van der Waals surface area contributed by atoms with Gasteiger partial charge in [-0.1, -0.05) is 27.7 Å². The van der Waals surface area contributed by atoms with Gasteiger partial charge in [-0.3, -0.25) is 0 Å². The van der Waals surface area contributed by atoms with Gasteiger partial charge in [0, 0.05) is 0 Å². The van der Waals surface area contributed by atoms with Gasteiger partial charge in [0.25, 0.3) is 0 Å². The van der Waals surface area contributed by atoms with Gasteiger partial charge in [-0.25, -0.2) is 0 Å². The molecule has 2 N–H and O–H groups in total. The molecule has 50 valence electrons. The summed E-state index contributed by atoms with van der Waals surface area (Å²) in [6.45, 7) is 9.61. The largest absolute Gasteiger partial charge is 0.330 e. The minimum Gasteiger partial charge on any atom is -0.330 e. The molecule has 0 amide bonds. The molecule has 1 heteroatoms. The standard InChI is InChI=1S/C7H17N/c1-6(5-8)7(2,3)4/h6H,5,8H2,1-4H3. The summed E-state index contributed by atoms with van der Waals surface area (Å²) in [6, 6.07) is 0. The first kappa shape index (κ1) is 7.96. The molecule has 0 saturated heterocycles. The van der Waals surface area contributed by atoms with Crippen LogP contribution in [0.2, 0.25) is 0 Å². The number of hydrogen-bond acceptors (Lipinski definition) is 1. The maximum absolute atomic E-state index is 5.46. The van der Waals surface area contributed by atoms with Crippen LogP contribution in [0, 0.1) is 11.3 Å². The van der Waals surface area contributed by atoms with Crippen molar-refractivity contribution < 1.29 is 0 Å². The third-order valence-corrected chi connectivity index (χ3v) is 1.83. The zero-order valence-electron chi connectivity index (χ0n) is 6.36. The SMILES string of the molecule is CC(CN)C(C)(C)C. The molecule has 0 spiro atoms. The van der Waals surface area contributed by atoms with Crippen LogP contribution in [0.1, 0.15) is 27.7 Å². The molecule has 0 fully saturated rings. The monoisotopic (exact) mass is 115 g/mol. The highest BCUT2D eigenvalue weighted by molar-refractivity contribution is 4.69. The summed E-state index contributed by atoms with van der Waals surface area (Å²) in [5.41, 5.74) is 5.84. The van der Waals surface area contributed by atoms with E-state index in [4.69, 9.17) is 5.73 Å². The van der Waals surface area contributed by atoms with Crippen LogP contribution in [0.5, 0.6) is 0 Å². The van der Waals surface area contributed by atoms with Crippen molar-refractivity contribution in [2.45, 2.75) is 27.7 Å². The molecule has 0 aliphatic rings. The van der Waals surface area contributed by atoms with Crippen LogP contribution in [0.15, 0.2) is 0 Å². The van der Waals surface area contributed by atoms with Gasteiger partial charge in [-0.05, 0) is 17.9 Å². The van der Waals surface area contributed by atoms with E-state index >= 15 is 0 Å². The minimum atomic E-state index is 0.384. The molecule has 0 aromatic rings. The van der Waals surface area contributed by atoms with Crippen molar-refractivity contribution in [1.29, 1.82) is 0 Å². The molecule has 0 rings (SSSR count). The highest BCUT2D eigenvalue weighted by Gasteiger charge is 2.17. The number of nitrogens with two attached hydrogens (primary N) is 1. The Morgan fingerprint density at radius 1 is 1.38 bits per heavy atom. The Kier molecular flexibility index (Phi) is 2.48. The Labute approximate surface area is 52.3 Å². The molecule has 0 heterocycles. The van der Waals surface area contributed by atoms with Crippen molar-refractivity contribution in [3.8, 4) is 0 Å². The van der Waals surface area contributed by atoms with Crippen LogP contribution in [-0.4, -0.2) is 6.54 Å². The van der Waals surface area contributed by atoms with Crippen molar-refractivity contribution in [2.24, 2.45) is 17.1 Å². The second-order valence-electron chi connectivity index (χ2n) is 3.50. The molecule has 0 radical (unpaired) electrons. The van der Waals surface area contributed by atoms with Gasteiger partial charge in [0.1, 0.15) is 0 Å². The van der Waals surface area contributed by atoms with Gasteiger partial charge in [-0.15, -0.1) is 0 Å². The fourth-order valence-electron chi connectivity index (χ4n) is 0.354. The molecular formula is C7H17N. The van der Waals surface area contributed by atoms with E-state index in [1.165, 1.54) is 0 Å². The topological polar surface area (TPSA) is 26.0 Å². The van der Waals surface area contributed by atoms with Gasteiger partial charge in [-0.2, -0.15) is 0 Å². The summed E-state index contributed by atoms with van der Waals surface area (Å²) < 4.78 is 0. The number of hydrogen-bond donors (Lipinski definition) is 1. The highest BCUT2D eigenvalue weighted by Crippen LogP contribution is 2.23. The summed E-state index contributed by atoms with van der Waals surface area (Å²) in [4.78, 5) is 0. The van der Waals surface area contributed by atoms with E-state index in [1.807, 2.05) is 0 Å². The maximum Gasteiger partial charge on any atom is -0.00465 e. The van der Waals surface area contributed by atoms with E-state index in [1.54, 1.807) is 0 Å². The Morgan fingerprint density at radius 2 is 1.75 bits per heavy atom. The van der Waals surface area contributed by atoms with E-state index in [-0.39, 0.29) is 0 Å². The minimum absolute atomic E-state index is 0.384. The first-order valence-electron chi connectivity index (χ1n) is 3.18. The third kappa shape index (κ3) is 2.31. The summed E-state index contributed by atoms with van der Waals surface area (Å²) in [7, 11) is 0. The lowest BCUT2D eigenvalue weighted by Gasteiger charge is -2.25. The van der Waals surface area contributed by atoms with Gasteiger partial charge < -0.3 is 5.73 Å². The van der Waals surface area contributed by atoms with Gasteiger partial charge >= 0.3 is 0 Å². The molecule has 1 nitrogen and oxygen atoms in total. The molecule has 0 aromatic heterocycles. The summed E-state index contributed by atoms with van der Waals surface area (Å²) in [5, 5.41) is 0. The molecule has 0 saturated carbocycles. The lowest BCUT2D eigenvalue weighted by Crippen LogP contribution is -2.24. The predicted octanol–water partition coefficient (Wildman–Crippen LogP) is 1.63. The van der Waals surface area contributed by atoms with E-state index in [9.17, 15) is 0 Å². The molecule has 8 heavy (non-hydrogen) atoms. The van der Waals surface area contributed by atoms with Crippen LogP contribution in [-0.2, 0) is 0 Å². The van der Waals surface area contributed by atoms with Crippen molar-refractivity contribution in [2.75, 3.05) is 6.54 Å². The molecule has 0 aliphatic carbocycles. The molecule has 0 aromatic carbocycles. The fraction of sp³-hybridized carbons (Fsp3) is 1.00. The van der Waals surface area contributed by atoms with Gasteiger partial charge in [0.05, 0.1) is 0 Å². The van der Waals surface area contributed by atoms with Gasteiger partial charge in [0.15, 0.2) is 0 Å². The predicted molar refractivity (Wildman–Crippen MR) is 37.7 cm³/mol. The summed E-state index contributed by atoms with van der Waals surface area (Å²) in [6.07, 6.45) is 0. The molecule has 1 atom stereocenters. The van der Waals surface area contributed by atoms with Crippen LogP contribution in [0.25, 0.3) is 0 Å². The Hall–Kier alpha value is -0.0400. The third-order valence-electron chi connectivity index (χ3n) is 1.83. The Bertz CT molecular complexity index is 61.3. The molecule has 1 unspecified atom stereocenters. The highest BCUT2D eigenvalue weighted by atomic mass is 14.6. The van der Waals surface area contributed by atoms with Crippen LogP contribution >= 0.6 is 0 Å². The van der Waals surface area contributed by atoms with Crippen LogP contribution in [0.4, 0.5) is 0 Å². The van der Waals surface area contributed by atoms with Crippen LogP contribution < -0.4 is 5.73 Å². The lowest BCUT2D eigenvalue weighted by atomic mass is 9.82. The second kappa shape index (κ2) is 2.49. The zero-order valence-corrected chi connectivity index (χ0v) is 6.36. The summed E-state index contributed by atoms with van der Waals surface area (Å²) in [5.74, 6) is 0.627. The van der Waals surface area contributed by atoms with Crippen molar-refractivity contribution >= 4 is 0 Å². The average Bonchev–Trinajstić information content (AvgIpc) is 1.62. The first-order chi connectivity index (χ1) is 3.48. The molecule has 0 bridgehead atoms. The van der Waals surface area contributed by atoms with E-state index in [0.29, 0.717) is 11.3 Å².